The van der Waals surface area contributed by atoms with Crippen LogP contribution in [0.1, 0.15) is 31.2 Å². The molecule has 2 heterocycles. The van der Waals surface area contributed by atoms with Gasteiger partial charge in [0.05, 0.1) is 0 Å². The van der Waals surface area contributed by atoms with Crippen LogP contribution in [0.4, 0.5) is 11.9 Å². The lowest BCUT2D eigenvalue weighted by Crippen LogP contribution is -2.18. The summed E-state index contributed by atoms with van der Waals surface area (Å²) in [6.45, 7) is 4.85. The van der Waals surface area contributed by atoms with Crippen molar-refractivity contribution >= 4 is 23.5 Å². The minimum absolute atomic E-state index is 0.253. The quantitative estimate of drug-likeness (QED) is 0.826. The molecule has 0 saturated carbocycles. The van der Waals surface area contributed by atoms with Crippen molar-refractivity contribution in [1.29, 1.82) is 0 Å². The van der Waals surface area contributed by atoms with Gasteiger partial charge in [-0.3, -0.25) is 0 Å². The van der Waals surface area contributed by atoms with Crippen LogP contribution in [0.3, 0.4) is 0 Å². The van der Waals surface area contributed by atoms with Gasteiger partial charge < -0.3 is 10.2 Å². The van der Waals surface area contributed by atoms with E-state index >= 15 is 0 Å². The molecule has 2 rings (SSSR count). The summed E-state index contributed by atoms with van der Waals surface area (Å²) in [4.78, 5) is 19.3. The van der Waals surface area contributed by atoms with E-state index in [1.54, 1.807) is 12.3 Å². The van der Waals surface area contributed by atoms with Crippen LogP contribution >= 0.6 is 11.6 Å². The van der Waals surface area contributed by atoms with Gasteiger partial charge in [-0.25, -0.2) is 4.98 Å². The second-order valence-electron chi connectivity index (χ2n) is 5.53. The predicted octanol–water partition coefficient (Wildman–Crippen LogP) is 2.76. The Bertz CT molecular complexity index is 586. The van der Waals surface area contributed by atoms with E-state index in [9.17, 15) is 0 Å². The van der Waals surface area contributed by atoms with Gasteiger partial charge in [0.25, 0.3) is 0 Å². The fourth-order valence-corrected chi connectivity index (χ4v) is 1.90. The molecule has 6 nitrogen and oxygen atoms in total. The van der Waals surface area contributed by atoms with Crippen LogP contribution in [0.15, 0.2) is 18.3 Å². The Labute approximate surface area is 136 Å². The van der Waals surface area contributed by atoms with Crippen LogP contribution in [-0.2, 0) is 6.42 Å². The van der Waals surface area contributed by atoms with Crippen molar-refractivity contribution in [2.24, 2.45) is 0 Å². The Morgan fingerprint density at radius 2 is 1.95 bits per heavy atom. The molecule has 0 fully saturated rings. The molecule has 0 saturated heterocycles. The first-order valence-electron chi connectivity index (χ1n) is 7.23. The summed E-state index contributed by atoms with van der Waals surface area (Å²) >= 11 is 5.78. The first-order chi connectivity index (χ1) is 10.5. The van der Waals surface area contributed by atoms with E-state index in [0.29, 0.717) is 17.0 Å². The van der Waals surface area contributed by atoms with E-state index in [2.05, 4.69) is 39.1 Å². The van der Waals surface area contributed by atoms with Crippen LogP contribution in [-0.4, -0.2) is 40.6 Å². The summed E-state index contributed by atoms with van der Waals surface area (Å²) in [6, 6.07) is 3.76. The third-order valence-electron chi connectivity index (χ3n) is 3.04. The molecule has 1 N–H and O–H groups in total. The van der Waals surface area contributed by atoms with E-state index < -0.39 is 0 Å². The monoisotopic (exact) mass is 320 g/mol. The molecule has 0 radical (unpaired) electrons. The summed E-state index contributed by atoms with van der Waals surface area (Å²) in [6.07, 6.45) is 2.60. The van der Waals surface area contributed by atoms with Gasteiger partial charge >= 0.3 is 0 Å². The highest BCUT2D eigenvalue weighted by Crippen LogP contribution is 2.15. The molecule has 0 aliphatic rings. The highest BCUT2D eigenvalue weighted by Gasteiger charge is 2.10. The lowest BCUT2D eigenvalue weighted by Gasteiger charge is -2.14. The van der Waals surface area contributed by atoms with E-state index in [1.807, 2.05) is 25.1 Å². The van der Waals surface area contributed by atoms with E-state index in [0.717, 1.165) is 24.4 Å². The van der Waals surface area contributed by atoms with Gasteiger partial charge in [0, 0.05) is 32.8 Å². The third-order valence-corrected chi connectivity index (χ3v) is 3.27. The van der Waals surface area contributed by atoms with Gasteiger partial charge in [0.1, 0.15) is 11.0 Å². The summed E-state index contributed by atoms with van der Waals surface area (Å²) in [5.74, 6) is 2.30. The first-order valence-corrected chi connectivity index (χ1v) is 7.61. The van der Waals surface area contributed by atoms with Gasteiger partial charge in [-0.2, -0.15) is 15.0 Å². The Hall–Kier alpha value is -1.95. The number of nitrogens with one attached hydrogen (secondary N) is 1. The molecule has 0 unspecified atom stereocenters. The van der Waals surface area contributed by atoms with Crippen molar-refractivity contribution in [3.05, 3.63) is 34.9 Å². The Morgan fingerprint density at radius 3 is 2.55 bits per heavy atom. The average molecular weight is 321 g/mol. The zero-order valence-corrected chi connectivity index (χ0v) is 14.1. The number of halogens is 1. The molecule has 0 aliphatic carbocycles. The topological polar surface area (TPSA) is 66.8 Å². The van der Waals surface area contributed by atoms with Crippen molar-refractivity contribution in [2.45, 2.75) is 26.2 Å². The summed E-state index contributed by atoms with van der Waals surface area (Å²) < 4.78 is 0. The molecule has 22 heavy (non-hydrogen) atoms. The zero-order chi connectivity index (χ0) is 16.1. The predicted molar refractivity (Wildman–Crippen MR) is 89.7 cm³/mol. The number of pyridine rings is 1. The highest BCUT2D eigenvalue weighted by atomic mass is 35.5. The molecule has 0 aliphatic heterocycles. The van der Waals surface area contributed by atoms with Crippen LogP contribution < -0.4 is 10.2 Å². The first kappa shape index (κ1) is 16.4. The van der Waals surface area contributed by atoms with Gasteiger partial charge in [-0.15, -0.1) is 0 Å². The second kappa shape index (κ2) is 7.35. The third kappa shape index (κ3) is 4.53. The molecule has 7 heteroatoms. The molecule has 0 atom stereocenters. The fraction of sp³-hybridized carbons (Fsp3) is 0.467. The molecule has 2 aromatic heterocycles. The molecule has 118 valence electrons. The Balaban J connectivity index is 2.03. The molecule has 0 amide bonds. The fourth-order valence-electron chi connectivity index (χ4n) is 1.79. The van der Waals surface area contributed by atoms with Crippen molar-refractivity contribution < 1.29 is 0 Å². The van der Waals surface area contributed by atoms with E-state index in [1.165, 1.54) is 0 Å². The highest BCUT2D eigenvalue weighted by molar-refractivity contribution is 6.29. The lowest BCUT2D eigenvalue weighted by atomic mass is 10.2. The maximum Gasteiger partial charge on any atom is 0.229 e. The standard InChI is InChI=1S/C15H21ClN6/c1-10(2)13-19-14(21-15(20-13)22(3)4)17-8-7-11-5-6-12(16)18-9-11/h5-6,9-10H,7-8H2,1-4H3,(H,17,19,20,21). The van der Waals surface area contributed by atoms with Crippen molar-refractivity contribution in [3.8, 4) is 0 Å². The van der Waals surface area contributed by atoms with Crippen molar-refractivity contribution in [3.63, 3.8) is 0 Å². The molecule has 0 aromatic carbocycles. The van der Waals surface area contributed by atoms with Crippen LogP contribution in [0.5, 0.6) is 0 Å². The van der Waals surface area contributed by atoms with E-state index in [4.69, 9.17) is 11.6 Å². The number of nitrogens with zero attached hydrogens (tertiary/aromatic N) is 5. The molecular formula is C15H21ClN6. The van der Waals surface area contributed by atoms with Crippen LogP contribution in [0.2, 0.25) is 5.15 Å². The largest absolute Gasteiger partial charge is 0.354 e. The summed E-state index contributed by atoms with van der Waals surface area (Å²) in [7, 11) is 3.84. The number of aromatic nitrogens is 4. The van der Waals surface area contributed by atoms with Crippen molar-refractivity contribution in [2.75, 3.05) is 30.9 Å². The maximum atomic E-state index is 5.78. The zero-order valence-electron chi connectivity index (χ0n) is 13.3. The minimum atomic E-state index is 0.253. The molecular weight excluding hydrogens is 300 g/mol. The normalized spacial score (nSPS) is 10.8. The number of anilines is 2. The maximum absolute atomic E-state index is 5.78. The molecule has 0 spiro atoms. The van der Waals surface area contributed by atoms with E-state index in [-0.39, 0.29) is 5.92 Å². The van der Waals surface area contributed by atoms with Gasteiger partial charge in [-0.1, -0.05) is 31.5 Å². The lowest BCUT2D eigenvalue weighted by molar-refractivity contribution is 0.753. The smallest absolute Gasteiger partial charge is 0.229 e. The van der Waals surface area contributed by atoms with Crippen LogP contribution in [0, 0.1) is 0 Å². The summed E-state index contributed by atoms with van der Waals surface area (Å²) in [5.41, 5.74) is 1.11. The van der Waals surface area contributed by atoms with Crippen molar-refractivity contribution in [1.82, 2.24) is 19.9 Å². The molecule has 0 bridgehead atoms. The molecule has 2 aromatic rings. The number of hydrogen-bond acceptors (Lipinski definition) is 6. The van der Waals surface area contributed by atoms with Gasteiger partial charge in [0.2, 0.25) is 11.9 Å². The Morgan fingerprint density at radius 1 is 1.18 bits per heavy atom. The SMILES string of the molecule is CC(C)c1nc(NCCc2ccc(Cl)nc2)nc(N(C)C)n1. The minimum Gasteiger partial charge on any atom is -0.354 e. The van der Waals surface area contributed by atoms with Gasteiger partial charge in [0.15, 0.2) is 0 Å². The number of hydrogen-bond donors (Lipinski definition) is 1. The second-order valence-corrected chi connectivity index (χ2v) is 5.92. The van der Waals surface area contributed by atoms with Gasteiger partial charge in [-0.05, 0) is 18.1 Å². The van der Waals surface area contributed by atoms with Crippen LogP contribution in [0.25, 0.3) is 0 Å². The number of rotatable bonds is 6. The Kier molecular flexibility index (Phi) is 5.49. The average Bonchev–Trinajstić information content (AvgIpc) is 2.49. The summed E-state index contributed by atoms with van der Waals surface area (Å²) in [5, 5.41) is 3.75.